The Balaban J connectivity index is 2.13. The number of aliphatic hydroxyl groups is 1. The Hall–Kier alpha value is -2.60. The van der Waals surface area contributed by atoms with Gasteiger partial charge in [-0.1, -0.05) is 6.07 Å². The molecule has 6 heteroatoms. The summed E-state index contributed by atoms with van der Waals surface area (Å²) in [7, 11) is 6.17. The van der Waals surface area contributed by atoms with Gasteiger partial charge < -0.3 is 29.2 Å². The molecular formula is C19H24O6. The summed E-state index contributed by atoms with van der Waals surface area (Å²) in [5.41, 5.74) is 1.58. The molecule has 0 spiro atoms. The molecule has 2 aromatic rings. The molecule has 0 radical (unpaired) electrons. The maximum Gasteiger partial charge on any atom is 0.203 e. The fraction of sp³-hybridized carbons (Fsp3) is 0.368. The summed E-state index contributed by atoms with van der Waals surface area (Å²) in [5, 5.41) is 20.2. The van der Waals surface area contributed by atoms with Crippen molar-refractivity contribution < 1.29 is 29.2 Å². The fourth-order valence-electron chi connectivity index (χ4n) is 2.66. The summed E-state index contributed by atoms with van der Waals surface area (Å²) >= 11 is 0. The first kappa shape index (κ1) is 18.7. The molecule has 0 saturated heterocycles. The molecule has 0 aromatic heterocycles. The molecule has 0 heterocycles. The van der Waals surface area contributed by atoms with Crippen LogP contribution in [0.25, 0.3) is 0 Å². The van der Waals surface area contributed by atoms with Gasteiger partial charge in [0, 0.05) is 0 Å². The lowest BCUT2D eigenvalue weighted by Gasteiger charge is -2.16. The molecule has 0 amide bonds. The van der Waals surface area contributed by atoms with Gasteiger partial charge in [0.15, 0.2) is 23.0 Å². The first-order chi connectivity index (χ1) is 12.0. The van der Waals surface area contributed by atoms with Crippen LogP contribution >= 0.6 is 0 Å². The number of benzene rings is 2. The Morgan fingerprint density at radius 2 is 1.44 bits per heavy atom. The topological polar surface area (TPSA) is 77.4 Å². The van der Waals surface area contributed by atoms with Crippen molar-refractivity contribution in [3.63, 3.8) is 0 Å². The van der Waals surface area contributed by atoms with Crippen molar-refractivity contribution in [1.29, 1.82) is 0 Å². The van der Waals surface area contributed by atoms with Crippen LogP contribution in [-0.4, -0.2) is 38.7 Å². The van der Waals surface area contributed by atoms with Crippen LogP contribution < -0.4 is 18.9 Å². The van der Waals surface area contributed by atoms with Crippen LogP contribution in [0.15, 0.2) is 30.3 Å². The van der Waals surface area contributed by atoms with E-state index in [9.17, 15) is 10.2 Å². The molecule has 0 bridgehead atoms. The average Bonchev–Trinajstić information content (AvgIpc) is 2.64. The molecule has 1 atom stereocenters. The highest BCUT2D eigenvalue weighted by molar-refractivity contribution is 5.54. The summed E-state index contributed by atoms with van der Waals surface area (Å²) < 4.78 is 21.0. The van der Waals surface area contributed by atoms with E-state index in [1.807, 2.05) is 12.1 Å². The lowest BCUT2D eigenvalue weighted by molar-refractivity contribution is 0.167. The number of rotatable bonds is 8. The molecule has 2 N–H and O–H groups in total. The van der Waals surface area contributed by atoms with E-state index in [0.717, 1.165) is 5.56 Å². The zero-order valence-corrected chi connectivity index (χ0v) is 14.9. The normalized spacial score (nSPS) is 11.7. The number of aromatic hydroxyl groups is 1. The van der Waals surface area contributed by atoms with Crippen LogP contribution in [0.2, 0.25) is 0 Å². The molecule has 0 fully saturated rings. The maximum absolute atomic E-state index is 10.4. The number of methoxy groups -OCH3 is 4. The first-order valence-corrected chi connectivity index (χ1v) is 7.87. The first-order valence-electron chi connectivity index (χ1n) is 7.87. The SMILES string of the molecule is COc1ccc(C(O)CCc2cc(OC)c(OC)c(OC)c2)cc1O. The predicted molar refractivity (Wildman–Crippen MR) is 94.0 cm³/mol. The van der Waals surface area contributed by atoms with Crippen LogP contribution in [-0.2, 0) is 6.42 Å². The second kappa shape index (κ2) is 8.48. The zero-order valence-electron chi connectivity index (χ0n) is 14.9. The van der Waals surface area contributed by atoms with Gasteiger partial charge in [-0.2, -0.15) is 0 Å². The number of phenolic OH excluding ortho intramolecular Hbond substituents is 1. The number of aryl methyl sites for hydroxylation is 1. The fourth-order valence-corrected chi connectivity index (χ4v) is 2.66. The highest BCUT2D eigenvalue weighted by Crippen LogP contribution is 2.39. The molecule has 0 aliphatic heterocycles. The summed E-state index contributed by atoms with van der Waals surface area (Å²) in [6, 6.07) is 8.60. The highest BCUT2D eigenvalue weighted by atomic mass is 16.5. The van der Waals surface area contributed by atoms with Gasteiger partial charge >= 0.3 is 0 Å². The zero-order chi connectivity index (χ0) is 18.4. The van der Waals surface area contributed by atoms with Crippen LogP contribution in [0, 0.1) is 0 Å². The molecule has 0 aliphatic carbocycles. The molecule has 0 saturated carbocycles. The quantitative estimate of drug-likeness (QED) is 0.763. The smallest absolute Gasteiger partial charge is 0.203 e. The Bertz CT molecular complexity index is 688. The molecule has 6 nitrogen and oxygen atoms in total. The van der Waals surface area contributed by atoms with Crippen molar-refractivity contribution in [3.05, 3.63) is 41.5 Å². The van der Waals surface area contributed by atoms with Crippen LogP contribution in [0.5, 0.6) is 28.7 Å². The van der Waals surface area contributed by atoms with Gasteiger partial charge in [-0.3, -0.25) is 0 Å². The molecular weight excluding hydrogens is 324 g/mol. The Labute approximate surface area is 147 Å². The summed E-state index contributed by atoms with van der Waals surface area (Å²) in [5.74, 6) is 2.07. The van der Waals surface area contributed by atoms with Gasteiger partial charge in [0.05, 0.1) is 34.5 Å². The van der Waals surface area contributed by atoms with Crippen LogP contribution in [0.3, 0.4) is 0 Å². The average molecular weight is 348 g/mol. The van der Waals surface area contributed by atoms with Gasteiger partial charge in [-0.05, 0) is 48.2 Å². The monoisotopic (exact) mass is 348 g/mol. The number of ether oxygens (including phenoxy) is 4. The van der Waals surface area contributed by atoms with Crippen LogP contribution in [0.1, 0.15) is 23.7 Å². The minimum Gasteiger partial charge on any atom is -0.504 e. The Morgan fingerprint density at radius 3 is 1.92 bits per heavy atom. The van der Waals surface area contributed by atoms with Crippen molar-refractivity contribution in [2.75, 3.05) is 28.4 Å². The third-order valence-electron chi connectivity index (χ3n) is 4.02. The second-order valence-electron chi connectivity index (χ2n) is 5.52. The van der Waals surface area contributed by atoms with E-state index in [1.165, 1.54) is 13.2 Å². The summed E-state index contributed by atoms with van der Waals surface area (Å²) in [4.78, 5) is 0. The van der Waals surface area contributed by atoms with Gasteiger partial charge in [0.25, 0.3) is 0 Å². The third kappa shape index (κ3) is 4.28. The van der Waals surface area contributed by atoms with Crippen molar-refractivity contribution in [3.8, 4) is 28.7 Å². The van der Waals surface area contributed by atoms with E-state index in [2.05, 4.69) is 0 Å². The lowest BCUT2D eigenvalue weighted by Crippen LogP contribution is -2.01. The molecule has 1 unspecified atom stereocenters. The second-order valence-corrected chi connectivity index (χ2v) is 5.52. The van der Waals surface area contributed by atoms with E-state index < -0.39 is 6.10 Å². The summed E-state index contributed by atoms with van der Waals surface area (Å²) in [6.07, 6.45) is 0.366. The van der Waals surface area contributed by atoms with Gasteiger partial charge in [-0.15, -0.1) is 0 Å². The lowest BCUT2D eigenvalue weighted by atomic mass is 10.0. The Morgan fingerprint density at radius 1 is 0.840 bits per heavy atom. The molecule has 2 rings (SSSR count). The summed E-state index contributed by atoms with van der Waals surface area (Å²) in [6.45, 7) is 0. The van der Waals surface area contributed by atoms with E-state index in [4.69, 9.17) is 18.9 Å². The third-order valence-corrected chi connectivity index (χ3v) is 4.02. The minimum atomic E-state index is -0.712. The largest absolute Gasteiger partial charge is 0.504 e. The van der Waals surface area contributed by atoms with Crippen LogP contribution in [0.4, 0.5) is 0 Å². The molecule has 136 valence electrons. The minimum absolute atomic E-state index is 0.00633. The number of phenols is 1. The number of aliphatic hydroxyl groups excluding tert-OH is 1. The van der Waals surface area contributed by atoms with E-state index in [0.29, 0.717) is 41.4 Å². The van der Waals surface area contributed by atoms with Crippen molar-refractivity contribution in [2.45, 2.75) is 18.9 Å². The highest BCUT2D eigenvalue weighted by Gasteiger charge is 2.15. The maximum atomic E-state index is 10.4. The predicted octanol–water partition coefficient (Wildman–Crippen LogP) is 3.09. The van der Waals surface area contributed by atoms with Gasteiger partial charge in [-0.25, -0.2) is 0 Å². The van der Waals surface area contributed by atoms with E-state index >= 15 is 0 Å². The number of hydrogen-bond acceptors (Lipinski definition) is 6. The van der Waals surface area contributed by atoms with E-state index in [-0.39, 0.29) is 5.75 Å². The van der Waals surface area contributed by atoms with E-state index in [1.54, 1.807) is 33.5 Å². The Kier molecular flexibility index (Phi) is 6.36. The molecule has 2 aromatic carbocycles. The number of hydrogen-bond donors (Lipinski definition) is 2. The molecule has 0 aliphatic rings. The van der Waals surface area contributed by atoms with Crippen molar-refractivity contribution in [1.82, 2.24) is 0 Å². The molecule has 25 heavy (non-hydrogen) atoms. The van der Waals surface area contributed by atoms with Crippen molar-refractivity contribution in [2.24, 2.45) is 0 Å². The standard InChI is InChI=1S/C19H24O6/c1-22-16-8-6-13(11-15(16)21)14(20)7-5-12-9-17(23-2)19(25-4)18(10-12)24-3/h6,8-11,14,20-21H,5,7H2,1-4H3. The van der Waals surface area contributed by atoms with Gasteiger partial charge in [0.2, 0.25) is 5.75 Å². The van der Waals surface area contributed by atoms with Crippen molar-refractivity contribution >= 4 is 0 Å². The van der Waals surface area contributed by atoms with Gasteiger partial charge in [0.1, 0.15) is 0 Å².